The highest BCUT2D eigenvalue weighted by atomic mass is 32.1. The van der Waals surface area contributed by atoms with Crippen molar-refractivity contribution in [2.45, 2.75) is 25.9 Å². The van der Waals surface area contributed by atoms with Gasteiger partial charge in [0.15, 0.2) is 10.6 Å². The first-order valence-electron chi connectivity index (χ1n) is 10.3. The number of hydrogen-bond donors (Lipinski definition) is 1. The second-order valence-corrected chi connectivity index (χ2v) is 8.78. The van der Waals surface area contributed by atoms with E-state index in [0.29, 0.717) is 26.4 Å². The largest absolute Gasteiger partial charge is 0.508 e. The van der Waals surface area contributed by atoms with Gasteiger partial charge in [-0.1, -0.05) is 23.5 Å². The third kappa shape index (κ3) is 3.57. The Labute approximate surface area is 179 Å². The lowest BCUT2D eigenvalue weighted by molar-refractivity contribution is 0.0973. The third-order valence-electron chi connectivity index (χ3n) is 5.59. The van der Waals surface area contributed by atoms with E-state index in [1.54, 1.807) is 12.1 Å². The molecule has 2 saturated heterocycles. The zero-order valence-corrected chi connectivity index (χ0v) is 17.9. The summed E-state index contributed by atoms with van der Waals surface area (Å²) in [6.45, 7) is 8.49. The molecule has 3 aromatic rings. The van der Waals surface area contributed by atoms with Crippen LogP contribution in [0.25, 0.3) is 20.9 Å². The molecule has 0 spiro atoms. The van der Waals surface area contributed by atoms with Crippen LogP contribution in [0.4, 0.5) is 11.8 Å². The molecule has 0 saturated carbocycles. The molecule has 1 aromatic carbocycles. The molecular formula is C21H25N5O3S. The van der Waals surface area contributed by atoms with Gasteiger partial charge in [0.25, 0.3) is 0 Å². The van der Waals surface area contributed by atoms with E-state index in [0.717, 1.165) is 45.8 Å². The van der Waals surface area contributed by atoms with Crippen molar-refractivity contribution in [3.63, 3.8) is 0 Å². The number of aromatic nitrogens is 3. The van der Waals surface area contributed by atoms with E-state index in [9.17, 15) is 5.11 Å². The first-order valence-corrected chi connectivity index (χ1v) is 11.1. The molecule has 158 valence electrons. The van der Waals surface area contributed by atoms with Crippen molar-refractivity contribution in [3.8, 4) is 16.3 Å². The van der Waals surface area contributed by atoms with Crippen molar-refractivity contribution in [2.75, 3.05) is 49.3 Å². The van der Waals surface area contributed by atoms with Crippen LogP contribution in [-0.4, -0.2) is 71.7 Å². The lowest BCUT2D eigenvalue weighted by Gasteiger charge is -2.36. The quantitative estimate of drug-likeness (QED) is 0.683. The van der Waals surface area contributed by atoms with Crippen LogP contribution in [0.15, 0.2) is 24.3 Å². The number of morpholine rings is 2. The molecule has 0 aliphatic carbocycles. The summed E-state index contributed by atoms with van der Waals surface area (Å²) >= 11 is 1.53. The van der Waals surface area contributed by atoms with Crippen LogP contribution >= 0.6 is 11.3 Å². The highest BCUT2D eigenvalue weighted by molar-refractivity contribution is 7.21. The average molecular weight is 428 g/mol. The minimum Gasteiger partial charge on any atom is -0.508 e. The predicted molar refractivity (Wildman–Crippen MR) is 118 cm³/mol. The Morgan fingerprint density at radius 3 is 2.43 bits per heavy atom. The van der Waals surface area contributed by atoms with Gasteiger partial charge in [0.05, 0.1) is 38.5 Å². The molecule has 9 heteroatoms. The van der Waals surface area contributed by atoms with E-state index in [-0.39, 0.29) is 17.8 Å². The fourth-order valence-electron chi connectivity index (χ4n) is 3.95. The number of aromatic hydroxyl groups is 1. The minimum absolute atomic E-state index is 0.206. The van der Waals surface area contributed by atoms with Gasteiger partial charge in [-0.25, -0.2) is 4.98 Å². The Morgan fingerprint density at radius 2 is 1.73 bits per heavy atom. The number of anilines is 2. The molecule has 0 bridgehead atoms. The van der Waals surface area contributed by atoms with E-state index in [1.165, 1.54) is 11.3 Å². The predicted octanol–water partition coefficient (Wildman–Crippen LogP) is 2.91. The first kappa shape index (κ1) is 19.5. The molecule has 0 amide bonds. The van der Waals surface area contributed by atoms with Crippen molar-refractivity contribution in [1.29, 1.82) is 0 Å². The van der Waals surface area contributed by atoms with Crippen LogP contribution in [0.3, 0.4) is 0 Å². The molecule has 2 aromatic heterocycles. The van der Waals surface area contributed by atoms with Gasteiger partial charge >= 0.3 is 0 Å². The molecule has 30 heavy (non-hydrogen) atoms. The monoisotopic (exact) mass is 427 g/mol. The lowest BCUT2D eigenvalue weighted by Crippen LogP contribution is -2.46. The molecule has 4 heterocycles. The average Bonchev–Trinajstić information content (AvgIpc) is 3.18. The molecule has 5 rings (SSSR count). The van der Waals surface area contributed by atoms with Crippen LogP contribution in [0.2, 0.25) is 0 Å². The number of nitrogens with zero attached hydrogens (tertiary/aromatic N) is 5. The summed E-state index contributed by atoms with van der Waals surface area (Å²) < 4.78 is 11.2. The topological polar surface area (TPSA) is 83.8 Å². The van der Waals surface area contributed by atoms with E-state index >= 15 is 0 Å². The van der Waals surface area contributed by atoms with E-state index in [4.69, 9.17) is 24.4 Å². The van der Waals surface area contributed by atoms with Crippen LogP contribution in [-0.2, 0) is 9.47 Å². The third-order valence-corrected chi connectivity index (χ3v) is 6.58. The molecule has 1 N–H and O–H groups in total. The Balaban J connectivity index is 1.65. The summed E-state index contributed by atoms with van der Waals surface area (Å²) in [5.41, 5.74) is 1.68. The second kappa shape index (κ2) is 7.98. The van der Waals surface area contributed by atoms with Gasteiger partial charge in [0.1, 0.15) is 16.3 Å². The summed E-state index contributed by atoms with van der Waals surface area (Å²) in [7, 11) is 0. The summed E-state index contributed by atoms with van der Waals surface area (Å²) in [5.74, 6) is 1.80. The van der Waals surface area contributed by atoms with Crippen molar-refractivity contribution >= 4 is 33.5 Å². The molecule has 2 atom stereocenters. The molecule has 8 nitrogen and oxygen atoms in total. The maximum atomic E-state index is 9.89. The smallest absolute Gasteiger partial charge is 0.229 e. The number of thiazole rings is 1. The van der Waals surface area contributed by atoms with Crippen molar-refractivity contribution in [3.05, 3.63) is 24.3 Å². The minimum atomic E-state index is 0.206. The van der Waals surface area contributed by atoms with Crippen LogP contribution in [0, 0.1) is 0 Å². The normalized spacial score (nSPS) is 22.6. The first-order chi connectivity index (χ1) is 14.6. The highest BCUT2D eigenvalue weighted by Crippen LogP contribution is 2.36. The maximum Gasteiger partial charge on any atom is 0.229 e. The molecule has 0 radical (unpaired) electrons. The van der Waals surface area contributed by atoms with Gasteiger partial charge in [-0.05, 0) is 26.0 Å². The zero-order valence-electron chi connectivity index (χ0n) is 17.1. The standard InChI is InChI=1S/C21H25N5O3S/c1-13-11-28-8-6-25(13)18-17-20(24-21(23-18)26-7-9-29-12-14(26)2)30-19(22-17)15-4-3-5-16(27)10-15/h3-5,10,13-14,27H,6-9,11-12H2,1-2H3/t13-,14+/m1/s1. The summed E-state index contributed by atoms with van der Waals surface area (Å²) in [4.78, 5) is 20.1. The summed E-state index contributed by atoms with van der Waals surface area (Å²) in [6.07, 6.45) is 0. The Kier molecular flexibility index (Phi) is 5.18. The Bertz CT molecular complexity index is 1060. The molecule has 0 unspecified atom stereocenters. The fourth-order valence-corrected chi connectivity index (χ4v) is 4.88. The SMILES string of the molecule is C[C@@H]1COCCN1c1nc(N2CCOC[C@@H]2C)nc2sc(-c3cccc(O)c3)nc12. The number of hydrogen-bond acceptors (Lipinski definition) is 9. The molecular weight excluding hydrogens is 402 g/mol. The maximum absolute atomic E-state index is 9.89. The Hall–Kier alpha value is -2.49. The second-order valence-electron chi connectivity index (χ2n) is 7.80. The molecule has 2 aliphatic heterocycles. The molecule has 2 aliphatic rings. The number of phenols is 1. The van der Waals surface area contributed by atoms with Crippen molar-refractivity contribution in [1.82, 2.24) is 15.0 Å². The number of benzene rings is 1. The number of rotatable bonds is 3. The lowest BCUT2D eigenvalue weighted by atomic mass is 10.2. The van der Waals surface area contributed by atoms with E-state index < -0.39 is 0 Å². The van der Waals surface area contributed by atoms with Crippen LogP contribution in [0.5, 0.6) is 5.75 Å². The van der Waals surface area contributed by atoms with E-state index in [1.807, 2.05) is 12.1 Å². The van der Waals surface area contributed by atoms with Gasteiger partial charge in [0.2, 0.25) is 5.95 Å². The zero-order chi connectivity index (χ0) is 20.7. The van der Waals surface area contributed by atoms with Gasteiger partial charge in [0, 0.05) is 18.7 Å². The summed E-state index contributed by atoms with van der Waals surface area (Å²) in [6, 6.07) is 7.59. The van der Waals surface area contributed by atoms with Crippen molar-refractivity contribution in [2.24, 2.45) is 0 Å². The van der Waals surface area contributed by atoms with Gasteiger partial charge in [-0.2, -0.15) is 9.97 Å². The van der Waals surface area contributed by atoms with Gasteiger partial charge < -0.3 is 24.4 Å². The summed E-state index contributed by atoms with van der Waals surface area (Å²) in [5, 5.41) is 10.7. The van der Waals surface area contributed by atoms with Crippen LogP contribution < -0.4 is 9.80 Å². The number of ether oxygens (including phenoxy) is 2. The number of fused-ring (bicyclic) bond motifs is 1. The van der Waals surface area contributed by atoms with Crippen molar-refractivity contribution < 1.29 is 14.6 Å². The van der Waals surface area contributed by atoms with Gasteiger partial charge in [-0.15, -0.1) is 0 Å². The molecule has 2 fully saturated rings. The van der Waals surface area contributed by atoms with Crippen LogP contribution in [0.1, 0.15) is 13.8 Å². The van der Waals surface area contributed by atoms with Gasteiger partial charge in [-0.3, -0.25) is 0 Å². The highest BCUT2D eigenvalue weighted by Gasteiger charge is 2.28. The number of phenolic OH excluding ortho intramolecular Hbond substituents is 1. The fraction of sp³-hybridized carbons (Fsp3) is 0.476. The Morgan fingerprint density at radius 1 is 1.00 bits per heavy atom. The van der Waals surface area contributed by atoms with E-state index in [2.05, 4.69) is 23.6 Å².